The highest BCUT2D eigenvalue weighted by Crippen LogP contribution is 2.26. The van der Waals surface area contributed by atoms with Gasteiger partial charge in [0.2, 0.25) is 35.4 Å². The highest BCUT2D eigenvalue weighted by Gasteiger charge is 2.43. The Balaban J connectivity index is 1.66. The molecule has 20 heteroatoms. The Kier molecular flexibility index (Phi) is 18.4. The lowest BCUT2D eigenvalue weighted by atomic mass is 10.0. The van der Waals surface area contributed by atoms with Crippen molar-refractivity contribution in [3.63, 3.8) is 0 Å². The summed E-state index contributed by atoms with van der Waals surface area (Å²) < 4.78 is 0. The van der Waals surface area contributed by atoms with Crippen LogP contribution in [0.2, 0.25) is 0 Å². The molecule has 0 saturated carbocycles. The van der Waals surface area contributed by atoms with Crippen LogP contribution in [0.15, 0.2) is 35.3 Å². The van der Waals surface area contributed by atoms with Gasteiger partial charge in [-0.2, -0.15) is 0 Å². The molecule has 0 aromatic heterocycles. The minimum atomic E-state index is -1.59. The largest absolute Gasteiger partial charge is 0.480 e. The summed E-state index contributed by atoms with van der Waals surface area (Å²) in [5, 5.41) is 28.6. The van der Waals surface area contributed by atoms with Crippen LogP contribution in [0, 0.1) is 0 Å². The van der Waals surface area contributed by atoms with Gasteiger partial charge in [-0.25, -0.2) is 4.79 Å². The summed E-state index contributed by atoms with van der Waals surface area (Å²) in [6.45, 7) is -0.249. The number of carbonyl (C=O) groups is 7. The fraction of sp³-hybridized carbons (Fsp3) is 0.611. The Labute approximate surface area is 325 Å². The summed E-state index contributed by atoms with van der Waals surface area (Å²) in [4.78, 5) is 98.6. The first-order chi connectivity index (χ1) is 26.8. The highest BCUT2D eigenvalue weighted by atomic mass is 16.4. The molecule has 6 atom stereocenters. The second-order valence-corrected chi connectivity index (χ2v) is 13.9. The standard InChI is InChI=1S/C36H57N11O9/c37-15-5-4-11-23(38)30(50)44-24(12-6-16-41-36(39)40)33(53)47-18-8-14-28(47)34(54)46-17-7-13-27(46)32(52)42-20-29(49)43-25(19-22-9-2-1-3-10-22)31(51)45-26(21-48)35(55)56/h1-3,9-10,23-28,48H,4-8,11-21,37-38H2,(H,42,52)(H,43,49)(H,44,50)(H,45,51)(H,55,56)(H4,39,40,41)/t23-,24-,25-,26-,27-,28-/m0/s1. The molecule has 1 aromatic rings. The first kappa shape index (κ1) is 45.1. The quantitative estimate of drug-likeness (QED) is 0.0309. The van der Waals surface area contributed by atoms with Crippen LogP contribution in [0.3, 0.4) is 0 Å². The molecule has 310 valence electrons. The number of carboxylic acid groups (broad SMARTS) is 1. The van der Waals surface area contributed by atoms with E-state index in [1.807, 2.05) is 0 Å². The normalized spacial score (nSPS) is 18.6. The SMILES string of the molecule is NCCCC[C@H](N)C(=O)N[C@@H](CCCN=C(N)N)C(=O)N1CCC[C@H]1C(=O)N1CCC[C@H]1C(=O)NCC(=O)N[C@@H](Cc1ccccc1)C(=O)N[C@@H](CO)C(=O)O. The molecule has 0 spiro atoms. The molecule has 14 N–H and O–H groups in total. The highest BCUT2D eigenvalue weighted by molar-refractivity contribution is 5.97. The maximum atomic E-state index is 14.0. The van der Waals surface area contributed by atoms with Gasteiger partial charge in [0.1, 0.15) is 30.2 Å². The monoisotopic (exact) mass is 787 g/mol. The van der Waals surface area contributed by atoms with Gasteiger partial charge in [0.25, 0.3) is 0 Å². The number of aliphatic hydroxyl groups excluding tert-OH is 1. The molecule has 0 radical (unpaired) electrons. The van der Waals surface area contributed by atoms with Crippen LogP contribution in [0.4, 0.5) is 0 Å². The zero-order valence-corrected chi connectivity index (χ0v) is 31.6. The van der Waals surface area contributed by atoms with E-state index in [2.05, 4.69) is 26.3 Å². The van der Waals surface area contributed by atoms with Crippen molar-refractivity contribution in [2.75, 3.05) is 39.3 Å². The van der Waals surface area contributed by atoms with Crippen molar-refractivity contribution in [1.82, 2.24) is 31.1 Å². The number of hydrogen-bond donors (Lipinski definition) is 10. The molecule has 56 heavy (non-hydrogen) atoms. The van der Waals surface area contributed by atoms with E-state index in [9.17, 15) is 43.8 Å². The van der Waals surface area contributed by atoms with Crippen LogP contribution in [0.5, 0.6) is 0 Å². The maximum absolute atomic E-state index is 14.0. The number of aliphatic carboxylic acids is 1. The Morgan fingerprint density at radius 1 is 0.821 bits per heavy atom. The summed E-state index contributed by atoms with van der Waals surface area (Å²) in [5.41, 5.74) is 23.2. The molecular weight excluding hydrogens is 730 g/mol. The van der Waals surface area contributed by atoms with Crippen LogP contribution in [-0.2, 0) is 40.0 Å². The predicted molar refractivity (Wildman–Crippen MR) is 204 cm³/mol. The van der Waals surface area contributed by atoms with E-state index in [-0.39, 0.29) is 38.4 Å². The van der Waals surface area contributed by atoms with Gasteiger partial charge in [-0.05, 0) is 63.5 Å². The van der Waals surface area contributed by atoms with Gasteiger partial charge in [-0.1, -0.05) is 36.8 Å². The van der Waals surface area contributed by atoms with E-state index < -0.39 is 90.8 Å². The lowest BCUT2D eigenvalue weighted by molar-refractivity contribution is -0.148. The average Bonchev–Trinajstić information content (AvgIpc) is 3.88. The van der Waals surface area contributed by atoms with Gasteiger partial charge in [0.15, 0.2) is 5.96 Å². The van der Waals surface area contributed by atoms with Gasteiger partial charge in [0.05, 0.1) is 19.2 Å². The smallest absolute Gasteiger partial charge is 0.328 e. The van der Waals surface area contributed by atoms with E-state index in [4.69, 9.17) is 22.9 Å². The number of carbonyl (C=O) groups excluding carboxylic acids is 6. The molecule has 0 unspecified atom stereocenters. The third-order valence-corrected chi connectivity index (χ3v) is 9.68. The molecule has 6 amide bonds. The van der Waals surface area contributed by atoms with E-state index in [1.165, 1.54) is 9.80 Å². The van der Waals surface area contributed by atoms with Crippen LogP contribution >= 0.6 is 0 Å². The van der Waals surface area contributed by atoms with Crippen molar-refractivity contribution in [1.29, 1.82) is 0 Å². The fourth-order valence-electron chi connectivity index (χ4n) is 6.71. The van der Waals surface area contributed by atoms with Crippen molar-refractivity contribution in [2.24, 2.45) is 27.9 Å². The molecule has 2 fully saturated rings. The average molecular weight is 788 g/mol. The van der Waals surface area contributed by atoms with Crippen molar-refractivity contribution < 1.29 is 43.8 Å². The molecule has 2 heterocycles. The Morgan fingerprint density at radius 3 is 2.12 bits per heavy atom. The fourth-order valence-corrected chi connectivity index (χ4v) is 6.71. The van der Waals surface area contributed by atoms with E-state index in [0.29, 0.717) is 63.5 Å². The maximum Gasteiger partial charge on any atom is 0.328 e. The molecule has 20 nitrogen and oxygen atoms in total. The summed E-state index contributed by atoms with van der Waals surface area (Å²) in [5.74, 6) is -5.18. The third kappa shape index (κ3) is 13.7. The number of nitrogens with two attached hydrogens (primary N) is 4. The van der Waals surface area contributed by atoms with E-state index >= 15 is 0 Å². The van der Waals surface area contributed by atoms with E-state index in [1.54, 1.807) is 30.3 Å². The number of likely N-dealkylation sites (tertiary alicyclic amines) is 2. The van der Waals surface area contributed by atoms with Crippen LogP contribution < -0.4 is 44.2 Å². The number of hydrogen-bond acceptors (Lipinski definition) is 11. The summed E-state index contributed by atoms with van der Waals surface area (Å²) in [6.07, 6.45) is 3.91. The van der Waals surface area contributed by atoms with Crippen LogP contribution in [0.25, 0.3) is 0 Å². The Morgan fingerprint density at radius 2 is 1.48 bits per heavy atom. The zero-order chi connectivity index (χ0) is 41.2. The molecule has 2 aliphatic heterocycles. The van der Waals surface area contributed by atoms with Crippen LogP contribution in [-0.4, -0.2) is 143 Å². The first-order valence-electron chi connectivity index (χ1n) is 18.9. The van der Waals surface area contributed by atoms with Gasteiger partial charge in [0, 0.05) is 26.1 Å². The van der Waals surface area contributed by atoms with Crippen molar-refractivity contribution in [3.05, 3.63) is 35.9 Å². The Bertz CT molecular complexity index is 1540. The lowest BCUT2D eigenvalue weighted by Crippen LogP contribution is -2.58. The van der Waals surface area contributed by atoms with Crippen molar-refractivity contribution in [2.45, 2.75) is 100 Å². The molecule has 0 aliphatic carbocycles. The lowest BCUT2D eigenvalue weighted by Gasteiger charge is -2.33. The number of benzene rings is 1. The molecular formula is C36H57N11O9. The third-order valence-electron chi connectivity index (χ3n) is 9.68. The number of nitrogens with one attached hydrogen (secondary N) is 4. The number of guanidine groups is 1. The summed E-state index contributed by atoms with van der Waals surface area (Å²) in [7, 11) is 0. The zero-order valence-electron chi connectivity index (χ0n) is 31.6. The van der Waals surface area contributed by atoms with Gasteiger partial charge in [-0.15, -0.1) is 0 Å². The second-order valence-electron chi connectivity index (χ2n) is 13.9. The van der Waals surface area contributed by atoms with Crippen molar-refractivity contribution >= 4 is 47.4 Å². The number of rotatable bonds is 22. The number of aliphatic hydroxyl groups is 1. The van der Waals surface area contributed by atoms with Crippen LogP contribution in [0.1, 0.15) is 63.4 Å². The molecule has 2 aliphatic rings. The molecule has 2 saturated heterocycles. The van der Waals surface area contributed by atoms with Gasteiger partial charge < -0.3 is 64.2 Å². The first-order valence-corrected chi connectivity index (χ1v) is 18.9. The minimum absolute atomic E-state index is 0.00591. The molecule has 1 aromatic carbocycles. The van der Waals surface area contributed by atoms with Gasteiger partial charge in [-0.3, -0.25) is 33.8 Å². The number of carboxylic acids is 1. The molecule has 0 bridgehead atoms. The summed E-state index contributed by atoms with van der Waals surface area (Å²) in [6, 6.07) is 2.13. The van der Waals surface area contributed by atoms with Crippen molar-refractivity contribution in [3.8, 4) is 0 Å². The topological polar surface area (TPSA) is 331 Å². The van der Waals surface area contributed by atoms with E-state index in [0.717, 1.165) is 0 Å². The van der Waals surface area contributed by atoms with Gasteiger partial charge >= 0.3 is 5.97 Å². The number of aliphatic imine (C=N–C) groups is 1. The number of unbranched alkanes of at least 4 members (excludes halogenated alkanes) is 1. The summed E-state index contributed by atoms with van der Waals surface area (Å²) >= 11 is 0. The predicted octanol–water partition coefficient (Wildman–Crippen LogP) is -3.63. The number of amides is 6. The second kappa shape index (κ2) is 22.9. The molecule has 3 rings (SSSR count). The minimum Gasteiger partial charge on any atom is -0.480 e. The Hall–Kier alpha value is -5.34. The number of nitrogens with zero attached hydrogens (tertiary/aromatic N) is 3.